The van der Waals surface area contributed by atoms with Crippen LogP contribution in [-0.2, 0) is 16.1 Å². The molecule has 7 heteroatoms. The summed E-state index contributed by atoms with van der Waals surface area (Å²) in [5.74, 6) is -0.0721. The van der Waals surface area contributed by atoms with Crippen molar-refractivity contribution >= 4 is 11.8 Å². The third kappa shape index (κ3) is 4.14. The average molecular weight is 273 g/mol. The Balaban J connectivity index is 2.85. The van der Waals surface area contributed by atoms with Crippen molar-refractivity contribution in [3.63, 3.8) is 0 Å². The third-order valence-electron chi connectivity index (χ3n) is 2.32. The first-order valence-corrected chi connectivity index (χ1v) is 6.07. The summed E-state index contributed by atoms with van der Waals surface area (Å²) < 4.78 is 6.35. The number of anilines is 1. The normalized spacial score (nSPS) is 10.5. The van der Waals surface area contributed by atoms with Gasteiger partial charge in [0.15, 0.2) is 5.57 Å². The van der Waals surface area contributed by atoms with Crippen molar-refractivity contribution in [1.82, 2.24) is 9.78 Å². The van der Waals surface area contributed by atoms with Gasteiger partial charge in [0.05, 0.1) is 31.3 Å². The lowest BCUT2D eigenvalue weighted by Gasteiger charge is -2.05. The third-order valence-corrected chi connectivity index (χ3v) is 2.32. The van der Waals surface area contributed by atoms with E-state index in [1.807, 2.05) is 13.0 Å². The molecule has 1 heterocycles. The molecule has 104 valence electrons. The molecule has 0 fully saturated rings. The monoisotopic (exact) mass is 273 g/mol. The predicted octanol–water partition coefficient (Wildman–Crippen LogP) is 1.49. The molecule has 0 bridgehead atoms. The second-order valence-corrected chi connectivity index (χ2v) is 3.84. The minimum Gasteiger partial charge on any atom is -0.462 e. The summed E-state index contributed by atoms with van der Waals surface area (Å²) >= 11 is 0. The molecule has 1 aromatic rings. The molecule has 0 amide bonds. The Kier molecular flexibility index (Phi) is 5.79. The number of ether oxygens (including phenoxy) is 1. The van der Waals surface area contributed by atoms with Crippen LogP contribution >= 0.6 is 0 Å². The quantitative estimate of drug-likeness (QED) is 0.478. The lowest BCUT2D eigenvalue weighted by atomic mass is 10.3. The second-order valence-electron chi connectivity index (χ2n) is 3.84. The summed E-state index contributed by atoms with van der Waals surface area (Å²) in [6, 6.07) is 5.56. The average Bonchev–Trinajstić information content (AvgIpc) is 2.77. The highest BCUT2D eigenvalue weighted by atomic mass is 16.5. The minimum absolute atomic E-state index is 0.127. The molecule has 0 unspecified atom stereocenters. The smallest absolute Gasteiger partial charge is 0.350 e. The predicted molar refractivity (Wildman–Crippen MR) is 71.1 cm³/mol. The first-order valence-electron chi connectivity index (χ1n) is 6.07. The molecule has 0 saturated heterocycles. The van der Waals surface area contributed by atoms with Crippen LogP contribution in [0.4, 0.5) is 5.82 Å². The van der Waals surface area contributed by atoms with Gasteiger partial charge in [-0.05, 0) is 13.8 Å². The van der Waals surface area contributed by atoms with Crippen LogP contribution in [-0.4, -0.2) is 22.4 Å². The van der Waals surface area contributed by atoms with E-state index in [2.05, 4.69) is 10.4 Å². The summed E-state index contributed by atoms with van der Waals surface area (Å²) in [7, 11) is 0. The number of carbonyl (C=O) groups is 1. The summed E-state index contributed by atoms with van der Waals surface area (Å²) in [6.45, 7) is 4.12. The van der Waals surface area contributed by atoms with Crippen LogP contribution in [0.1, 0.15) is 19.0 Å². The molecule has 1 N–H and O–H groups in total. The maximum atomic E-state index is 11.4. The van der Waals surface area contributed by atoms with Crippen molar-refractivity contribution in [3.05, 3.63) is 23.5 Å². The van der Waals surface area contributed by atoms with Crippen LogP contribution in [0.3, 0.4) is 0 Å². The minimum atomic E-state index is -0.678. The highest BCUT2D eigenvalue weighted by molar-refractivity contribution is 5.93. The van der Waals surface area contributed by atoms with Gasteiger partial charge in [0.25, 0.3) is 0 Å². The number of aryl methyl sites for hydroxylation is 2. The van der Waals surface area contributed by atoms with Gasteiger partial charge in [-0.3, -0.25) is 0 Å². The number of esters is 1. The fraction of sp³-hybridized carbons (Fsp3) is 0.385. The van der Waals surface area contributed by atoms with Crippen LogP contribution in [0.15, 0.2) is 17.8 Å². The molecule has 20 heavy (non-hydrogen) atoms. The summed E-state index contributed by atoms with van der Waals surface area (Å²) in [5, 5.41) is 24.5. The van der Waals surface area contributed by atoms with Crippen LogP contribution in [0.2, 0.25) is 0 Å². The van der Waals surface area contributed by atoms with Gasteiger partial charge in [0, 0.05) is 12.3 Å². The molecular weight excluding hydrogens is 258 g/mol. The summed E-state index contributed by atoms with van der Waals surface area (Å²) in [4.78, 5) is 11.4. The molecule has 0 aliphatic rings. The van der Waals surface area contributed by atoms with Gasteiger partial charge < -0.3 is 10.1 Å². The van der Waals surface area contributed by atoms with Gasteiger partial charge in [-0.2, -0.15) is 15.6 Å². The van der Waals surface area contributed by atoms with Gasteiger partial charge in [-0.1, -0.05) is 0 Å². The van der Waals surface area contributed by atoms with Crippen LogP contribution in [0, 0.1) is 29.6 Å². The summed E-state index contributed by atoms with van der Waals surface area (Å²) in [5.41, 5.74) is 0.644. The molecule has 0 aromatic carbocycles. The van der Waals surface area contributed by atoms with Gasteiger partial charge >= 0.3 is 5.97 Å². The maximum Gasteiger partial charge on any atom is 0.350 e. The highest BCUT2D eigenvalue weighted by Gasteiger charge is 2.10. The maximum absolute atomic E-state index is 11.4. The van der Waals surface area contributed by atoms with E-state index in [0.717, 1.165) is 5.69 Å². The van der Waals surface area contributed by atoms with Gasteiger partial charge in [0.2, 0.25) is 0 Å². The molecule has 0 aliphatic heterocycles. The van der Waals surface area contributed by atoms with Gasteiger partial charge in [0.1, 0.15) is 11.9 Å². The van der Waals surface area contributed by atoms with Crippen molar-refractivity contribution in [2.75, 3.05) is 11.9 Å². The molecule has 0 aliphatic carbocycles. The lowest BCUT2D eigenvalue weighted by molar-refractivity contribution is -0.138. The van der Waals surface area contributed by atoms with E-state index in [1.165, 1.54) is 6.20 Å². The Bertz CT molecular complexity index is 589. The number of rotatable bonds is 6. The number of carbonyl (C=O) groups excluding carboxylic acids is 1. The van der Waals surface area contributed by atoms with E-state index < -0.39 is 5.97 Å². The second kappa shape index (κ2) is 7.59. The molecule has 1 aromatic heterocycles. The first-order chi connectivity index (χ1) is 9.62. The molecule has 0 atom stereocenters. The Morgan fingerprint density at radius 2 is 2.35 bits per heavy atom. The number of nitrogens with zero attached hydrogens (tertiary/aromatic N) is 4. The van der Waals surface area contributed by atoms with Gasteiger partial charge in [-0.15, -0.1) is 0 Å². The number of hydrogen-bond donors (Lipinski definition) is 1. The first kappa shape index (κ1) is 15.3. The van der Waals surface area contributed by atoms with Crippen molar-refractivity contribution in [1.29, 1.82) is 10.5 Å². The standard InChI is InChI=1S/C13H15N5O2/c1-3-20-13(19)11(8-15)9-16-12-7-10(2)17-18(12)6-4-5-14/h7,9,16H,3-4,6H2,1-2H3/b11-9-. The van der Waals surface area contributed by atoms with Gasteiger partial charge in [-0.25, -0.2) is 9.48 Å². The number of nitriles is 2. The van der Waals surface area contributed by atoms with Crippen LogP contribution in [0.25, 0.3) is 0 Å². The van der Waals surface area contributed by atoms with Crippen molar-refractivity contribution in [2.24, 2.45) is 0 Å². The van der Waals surface area contributed by atoms with E-state index in [0.29, 0.717) is 18.8 Å². The van der Waals surface area contributed by atoms with Crippen LogP contribution < -0.4 is 5.32 Å². The van der Waals surface area contributed by atoms with E-state index >= 15 is 0 Å². The molecule has 0 spiro atoms. The Morgan fingerprint density at radius 3 is 2.95 bits per heavy atom. The summed E-state index contributed by atoms with van der Waals surface area (Å²) in [6.07, 6.45) is 1.60. The molecule has 1 rings (SSSR count). The van der Waals surface area contributed by atoms with Crippen molar-refractivity contribution in [2.45, 2.75) is 26.8 Å². The Morgan fingerprint density at radius 1 is 1.60 bits per heavy atom. The Hall–Kier alpha value is -2.80. The topological polar surface area (TPSA) is 104 Å². The largest absolute Gasteiger partial charge is 0.462 e. The molecular formula is C13H15N5O2. The number of hydrogen-bond acceptors (Lipinski definition) is 6. The molecule has 7 nitrogen and oxygen atoms in total. The fourth-order valence-corrected chi connectivity index (χ4v) is 1.48. The highest BCUT2D eigenvalue weighted by Crippen LogP contribution is 2.11. The SMILES string of the molecule is CCOC(=O)/C(C#N)=C\Nc1cc(C)nn1CCC#N. The molecule has 0 saturated carbocycles. The Labute approximate surface area is 117 Å². The number of nitrogens with one attached hydrogen (secondary N) is 1. The lowest BCUT2D eigenvalue weighted by Crippen LogP contribution is -2.09. The van der Waals surface area contributed by atoms with E-state index in [9.17, 15) is 4.79 Å². The zero-order valence-electron chi connectivity index (χ0n) is 11.4. The zero-order chi connectivity index (χ0) is 15.0. The number of aromatic nitrogens is 2. The van der Waals surface area contributed by atoms with Crippen molar-refractivity contribution < 1.29 is 9.53 Å². The van der Waals surface area contributed by atoms with Crippen molar-refractivity contribution in [3.8, 4) is 12.1 Å². The van der Waals surface area contributed by atoms with E-state index in [-0.39, 0.29) is 12.2 Å². The van der Waals surface area contributed by atoms with E-state index in [4.69, 9.17) is 15.3 Å². The molecule has 0 radical (unpaired) electrons. The van der Waals surface area contributed by atoms with Crippen LogP contribution in [0.5, 0.6) is 0 Å². The van der Waals surface area contributed by atoms with E-state index in [1.54, 1.807) is 23.7 Å². The zero-order valence-corrected chi connectivity index (χ0v) is 11.4. The fourth-order valence-electron chi connectivity index (χ4n) is 1.48.